The first-order valence-corrected chi connectivity index (χ1v) is 8.90. The predicted molar refractivity (Wildman–Crippen MR) is 97.4 cm³/mol. The van der Waals surface area contributed by atoms with E-state index < -0.39 is 0 Å². The number of carbonyl (C=O) groups excluding carboxylic acids is 1. The standard InChI is InChI=1S/C20H25N3O2/c1-14-5-3-8-18(9-14)25-13-16-6-4-7-17(10-16)23-20(24)19-12-21-15(2)11-22-19/h4,6-7,10-12,14,18H,3,5,8-9,13H2,1-2H3,(H,23,24)/t14-,18-/m0/s1. The van der Waals surface area contributed by atoms with E-state index in [9.17, 15) is 4.79 Å². The van der Waals surface area contributed by atoms with Crippen molar-refractivity contribution in [1.82, 2.24) is 9.97 Å². The molecule has 2 aromatic rings. The van der Waals surface area contributed by atoms with Crippen molar-refractivity contribution < 1.29 is 9.53 Å². The molecule has 1 fully saturated rings. The Labute approximate surface area is 148 Å². The first kappa shape index (κ1) is 17.5. The molecule has 1 aliphatic rings. The molecular weight excluding hydrogens is 314 g/mol. The Hall–Kier alpha value is -2.27. The predicted octanol–water partition coefficient (Wildman–Crippen LogP) is 4.13. The molecule has 1 aromatic heterocycles. The molecule has 5 nitrogen and oxygen atoms in total. The van der Waals surface area contributed by atoms with Crippen molar-refractivity contribution in [2.24, 2.45) is 5.92 Å². The van der Waals surface area contributed by atoms with Gasteiger partial charge in [0.15, 0.2) is 0 Å². The number of ether oxygens (including phenoxy) is 1. The summed E-state index contributed by atoms with van der Waals surface area (Å²) in [7, 11) is 0. The maximum Gasteiger partial charge on any atom is 0.275 e. The summed E-state index contributed by atoms with van der Waals surface area (Å²) in [6.07, 6.45) is 8.27. The second-order valence-electron chi connectivity index (χ2n) is 6.90. The third kappa shape index (κ3) is 5.10. The lowest BCUT2D eigenvalue weighted by Gasteiger charge is -2.26. The maximum absolute atomic E-state index is 12.2. The third-order valence-electron chi connectivity index (χ3n) is 4.57. The molecule has 0 spiro atoms. The first-order valence-electron chi connectivity index (χ1n) is 8.90. The summed E-state index contributed by atoms with van der Waals surface area (Å²) in [5, 5.41) is 2.87. The number of rotatable bonds is 5. The van der Waals surface area contributed by atoms with Gasteiger partial charge in [0.25, 0.3) is 5.91 Å². The lowest BCUT2D eigenvalue weighted by molar-refractivity contribution is 0.00468. The number of hydrogen-bond donors (Lipinski definition) is 1. The lowest BCUT2D eigenvalue weighted by Crippen LogP contribution is -2.21. The first-order chi connectivity index (χ1) is 12.1. The average molecular weight is 339 g/mol. The molecule has 0 bridgehead atoms. The molecule has 3 rings (SSSR count). The Balaban J connectivity index is 1.57. The van der Waals surface area contributed by atoms with Crippen molar-refractivity contribution in [2.45, 2.75) is 52.2 Å². The van der Waals surface area contributed by atoms with Crippen LogP contribution in [0.15, 0.2) is 36.7 Å². The second-order valence-corrected chi connectivity index (χ2v) is 6.90. The van der Waals surface area contributed by atoms with Crippen LogP contribution in [-0.4, -0.2) is 22.0 Å². The van der Waals surface area contributed by atoms with E-state index in [0.29, 0.717) is 18.4 Å². The molecule has 25 heavy (non-hydrogen) atoms. The third-order valence-corrected chi connectivity index (χ3v) is 4.57. The van der Waals surface area contributed by atoms with Crippen LogP contribution in [0.25, 0.3) is 0 Å². The van der Waals surface area contributed by atoms with Crippen LogP contribution in [-0.2, 0) is 11.3 Å². The van der Waals surface area contributed by atoms with E-state index in [1.165, 1.54) is 19.0 Å². The Bertz CT molecular complexity index is 715. The second kappa shape index (κ2) is 8.21. The number of aryl methyl sites for hydroxylation is 1. The van der Waals surface area contributed by atoms with Crippen LogP contribution in [0.1, 0.15) is 54.4 Å². The zero-order valence-electron chi connectivity index (χ0n) is 14.9. The smallest absolute Gasteiger partial charge is 0.275 e. The number of nitrogens with one attached hydrogen (secondary N) is 1. The van der Waals surface area contributed by atoms with Gasteiger partial charge in [-0.3, -0.25) is 9.78 Å². The molecule has 1 amide bonds. The number of aromatic nitrogens is 2. The van der Waals surface area contributed by atoms with Crippen LogP contribution in [0.5, 0.6) is 0 Å². The molecule has 0 saturated heterocycles. The summed E-state index contributed by atoms with van der Waals surface area (Å²) < 4.78 is 6.06. The van der Waals surface area contributed by atoms with Crippen molar-refractivity contribution in [3.63, 3.8) is 0 Å². The van der Waals surface area contributed by atoms with Crippen molar-refractivity contribution in [3.8, 4) is 0 Å². The van der Waals surface area contributed by atoms with Gasteiger partial charge in [0.1, 0.15) is 5.69 Å². The van der Waals surface area contributed by atoms with Gasteiger partial charge >= 0.3 is 0 Å². The Kier molecular flexibility index (Phi) is 5.76. The van der Waals surface area contributed by atoms with Crippen molar-refractivity contribution in [2.75, 3.05) is 5.32 Å². The van der Waals surface area contributed by atoms with E-state index in [1.807, 2.05) is 31.2 Å². The number of anilines is 1. The fourth-order valence-electron chi connectivity index (χ4n) is 3.19. The molecule has 0 radical (unpaired) electrons. The van der Waals surface area contributed by atoms with E-state index in [2.05, 4.69) is 22.2 Å². The molecule has 1 N–H and O–H groups in total. The average Bonchev–Trinajstić information content (AvgIpc) is 2.61. The molecular formula is C20H25N3O2. The zero-order valence-corrected chi connectivity index (χ0v) is 14.9. The van der Waals surface area contributed by atoms with E-state index in [4.69, 9.17) is 4.74 Å². The normalized spacial score (nSPS) is 20.2. The molecule has 132 valence electrons. The summed E-state index contributed by atoms with van der Waals surface area (Å²) in [5.74, 6) is 0.492. The van der Waals surface area contributed by atoms with Gasteiger partial charge in [0, 0.05) is 11.9 Å². The fraction of sp³-hybridized carbons (Fsp3) is 0.450. The van der Waals surface area contributed by atoms with Crippen LogP contribution in [0.4, 0.5) is 5.69 Å². The van der Waals surface area contributed by atoms with Gasteiger partial charge in [-0.05, 0) is 43.4 Å². The number of hydrogen-bond acceptors (Lipinski definition) is 4. The minimum Gasteiger partial charge on any atom is -0.374 e. The summed E-state index contributed by atoms with van der Waals surface area (Å²) in [6.45, 7) is 4.70. The molecule has 0 aliphatic heterocycles. The molecule has 2 atom stereocenters. The Morgan fingerprint density at radius 1 is 1.28 bits per heavy atom. The number of carbonyl (C=O) groups is 1. The Morgan fingerprint density at radius 3 is 2.92 bits per heavy atom. The van der Waals surface area contributed by atoms with Crippen LogP contribution in [0.3, 0.4) is 0 Å². The molecule has 1 aromatic carbocycles. The highest BCUT2D eigenvalue weighted by Gasteiger charge is 2.19. The van der Waals surface area contributed by atoms with Crippen molar-refractivity contribution in [3.05, 3.63) is 53.6 Å². The molecule has 1 aliphatic carbocycles. The highest BCUT2D eigenvalue weighted by Crippen LogP contribution is 2.26. The summed E-state index contributed by atoms with van der Waals surface area (Å²) in [4.78, 5) is 20.4. The maximum atomic E-state index is 12.2. The minimum atomic E-state index is -0.258. The molecule has 1 heterocycles. The fourth-order valence-corrected chi connectivity index (χ4v) is 3.19. The number of benzene rings is 1. The van der Waals surface area contributed by atoms with Crippen LogP contribution < -0.4 is 5.32 Å². The van der Waals surface area contributed by atoms with E-state index in [-0.39, 0.29) is 5.91 Å². The van der Waals surface area contributed by atoms with Gasteiger partial charge in [-0.15, -0.1) is 0 Å². The highest BCUT2D eigenvalue weighted by atomic mass is 16.5. The van der Waals surface area contributed by atoms with Crippen LogP contribution in [0.2, 0.25) is 0 Å². The molecule has 0 unspecified atom stereocenters. The minimum absolute atomic E-state index is 0.258. The van der Waals surface area contributed by atoms with E-state index in [1.54, 1.807) is 6.20 Å². The lowest BCUT2D eigenvalue weighted by atomic mass is 9.89. The monoisotopic (exact) mass is 339 g/mol. The zero-order chi connectivity index (χ0) is 17.6. The van der Waals surface area contributed by atoms with Gasteiger partial charge in [0.05, 0.1) is 24.6 Å². The van der Waals surface area contributed by atoms with E-state index >= 15 is 0 Å². The van der Waals surface area contributed by atoms with Crippen molar-refractivity contribution >= 4 is 11.6 Å². The van der Waals surface area contributed by atoms with Gasteiger partial charge in [-0.1, -0.05) is 31.9 Å². The highest BCUT2D eigenvalue weighted by molar-refractivity contribution is 6.02. The summed E-state index contributed by atoms with van der Waals surface area (Å²) in [5.41, 5.74) is 2.90. The molecule has 5 heteroatoms. The Morgan fingerprint density at radius 2 is 2.16 bits per heavy atom. The van der Waals surface area contributed by atoms with Gasteiger partial charge < -0.3 is 10.1 Å². The quantitative estimate of drug-likeness (QED) is 0.889. The SMILES string of the molecule is Cc1cnc(C(=O)Nc2cccc(CO[C@H]3CCC[C@H](C)C3)c2)cn1. The van der Waals surface area contributed by atoms with Crippen molar-refractivity contribution in [1.29, 1.82) is 0 Å². The summed E-state index contributed by atoms with van der Waals surface area (Å²) in [6, 6.07) is 7.77. The topological polar surface area (TPSA) is 64.1 Å². The van der Waals surface area contributed by atoms with Crippen LogP contribution in [0, 0.1) is 12.8 Å². The largest absolute Gasteiger partial charge is 0.374 e. The van der Waals surface area contributed by atoms with Crippen LogP contribution >= 0.6 is 0 Å². The van der Waals surface area contributed by atoms with E-state index in [0.717, 1.165) is 35.7 Å². The summed E-state index contributed by atoms with van der Waals surface area (Å²) >= 11 is 0. The number of nitrogens with zero attached hydrogens (tertiary/aromatic N) is 2. The van der Waals surface area contributed by atoms with Gasteiger partial charge in [-0.25, -0.2) is 4.98 Å². The number of amides is 1. The van der Waals surface area contributed by atoms with Gasteiger partial charge in [-0.2, -0.15) is 0 Å². The van der Waals surface area contributed by atoms with Gasteiger partial charge in [0.2, 0.25) is 0 Å². The molecule has 1 saturated carbocycles.